The van der Waals surface area contributed by atoms with E-state index in [1.54, 1.807) is 17.8 Å². The smallest absolute Gasteiger partial charge is 0.252 e. The summed E-state index contributed by atoms with van der Waals surface area (Å²) in [5.41, 5.74) is 1.73. The number of nitrogens with one attached hydrogen (secondary N) is 1. The van der Waals surface area contributed by atoms with E-state index in [2.05, 4.69) is 36.2 Å². The van der Waals surface area contributed by atoms with Gasteiger partial charge in [-0.25, -0.2) is 0 Å². The highest BCUT2D eigenvalue weighted by Crippen LogP contribution is 2.24. The first-order chi connectivity index (χ1) is 12.1. The van der Waals surface area contributed by atoms with Crippen LogP contribution in [0.1, 0.15) is 35.8 Å². The van der Waals surface area contributed by atoms with E-state index in [4.69, 9.17) is 11.6 Å². The zero-order chi connectivity index (χ0) is 18.2. The molecule has 25 heavy (non-hydrogen) atoms. The number of rotatable bonds is 8. The van der Waals surface area contributed by atoms with Gasteiger partial charge in [0.05, 0.1) is 16.6 Å². The molecule has 2 aromatic carbocycles. The number of benzene rings is 2. The van der Waals surface area contributed by atoms with Crippen LogP contribution in [0.4, 0.5) is 0 Å². The van der Waals surface area contributed by atoms with Crippen molar-refractivity contribution in [1.29, 1.82) is 0 Å². The molecule has 5 heteroatoms. The van der Waals surface area contributed by atoms with Gasteiger partial charge in [-0.05, 0) is 43.1 Å². The highest BCUT2D eigenvalue weighted by Gasteiger charge is 2.20. The molecule has 3 nitrogen and oxygen atoms in total. The third kappa shape index (κ3) is 5.24. The number of amides is 1. The lowest BCUT2D eigenvalue weighted by Gasteiger charge is -2.30. The number of carbonyl (C=O) groups excluding carboxylic acids is 1. The molecule has 1 amide bonds. The molecule has 1 atom stereocenters. The van der Waals surface area contributed by atoms with Crippen LogP contribution in [0.2, 0.25) is 5.02 Å². The van der Waals surface area contributed by atoms with Gasteiger partial charge in [0.1, 0.15) is 0 Å². The summed E-state index contributed by atoms with van der Waals surface area (Å²) in [5.74, 6) is -0.131. The highest BCUT2D eigenvalue weighted by atomic mass is 35.5. The van der Waals surface area contributed by atoms with Crippen LogP contribution in [0, 0.1) is 0 Å². The Morgan fingerprint density at radius 3 is 2.44 bits per heavy atom. The molecule has 2 aromatic rings. The molecule has 134 valence electrons. The predicted molar refractivity (Wildman–Crippen MR) is 108 cm³/mol. The lowest BCUT2D eigenvalue weighted by atomic mass is 10.0. The zero-order valence-electron chi connectivity index (χ0n) is 15.0. The minimum absolute atomic E-state index is 0.131. The molecule has 0 aromatic heterocycles. The minimum Gasteiger partial charge on any atom is -0.350 e. The van der Waals surface area contributed by atoms with Crippen LogP contribution < -0.4 is 5.32 Å². The summed E-state index contributed by atoms with van der Waals surface area (Å²) >= 11 is 7.81. The second-order valence-corrected chi connectivity index (χ2v) is 6.99. The van der Waals surface area contributed by atoms with Crippen molar-refractivity contribution in [3.63, 3.8) is 0 Å². The van der Waals surface area contributed by atoms with Gasteiger partial charge in [-0.3, -0.25) is 9.69 Å². The molecule has 0 fully saturated rings. The van der Waals surface area contributed by atoms with Crippen molar-refractivity contribution in [3.05, 3.63) is 64.7 Å². The Balaban J connectivity index is 2.16. The van der Waals surface area contributed by atoms with Crippen LogP contribution in [-0.2, 0) is 0 Å². The molecule has 0 heterocycles. The van der Waals surface area contributed by atoms with E-state index in [0.29, 0.717) is 17.1 Å². The first-order valence-corrected chi connectivity index (χ1v) is 10.1. The quantitative estimate of drug-likeness (QED) is 0.667. The Hall–Kier alpha value is -1.49. The molecule has 0 saturated heterocycles. The average molecular weight is 377 g/mol. The summed E-state index contributed by atoms with van der Waals surface area (Å²) in [6.07, 6.45) is 1.98. The Labute approximate surface area is 159 Å². The summed E-state index contributed by atoms with van der Waals surface area (Å²) in [7, 11) is 0. The molecule has 0 radical (unpaired) electrons. The first-order valence-electron chi connectivity index (χ1n) is 8.51. The van der Waals surface area contributed by atoms with Crippen molar-refractivity contribution < 1.29 is 4.79 Å². The van der Waals surface area contributed by atoms with Gasteiger partial charge >= 0.3 is 0 Å². The van der Waals surface area contributed by atoms with E-state index < -0.39 is 0 Å². The zero-order valence-corrected chi connectivity index (χ0v) is 16.5. The second-order valence-electron chi connectivity index (χ2n) is 5.70. The largest absolute Gasteiger partial charge is 0.350 e. The van der Waals surface area contributed by atoms with Gasteiger partial charge in [0.2, 0.25) is 0 Å². The third-order valence-electron chi connectivity index (χ3n) is 4.31. The van der Waals surface area contributed by atoms with Gasteiger partial charge < -0.3 is 5.32 Å². The maximum atomic E-state index is 12.6. The molecule has 2 rings (SSSR count). The van der Waals surface area contributed by atoms with E-state index in [9.17, 15) is 4.79 Å². The number of hydrogen-bond acceptors (Lipinski definition) is 3. The van der Waals surface area contributed by atoms with E-state index in [0.717, 1.165) is 18.0 Å². The van der Waals surface area contributed by atoms with Gasteiger partial charge in [0.15, 0.2) is 0 Å². The van der Waals surface area contributed by atoms with Gasteiger partial charge in [-0.15, -0.1) is 11.8 Å². The van der Waals surface area contributed by atoms with Crippen molar-refractivity contribution in [1.82, 2.24) is 10.2 Å². The van der Waals surface area contributed by atoms with E-state index in [-0.39, 0.29) is 11.9 Å². The molecule has 0 aliphatic rings. The predicted octanol–water partition coefficient (Wildman–Crippen LogP) is 4.87. The molecule has 0 aliphatic heterocycles. The van der Waals surface area contributed by atoms with Gasteiger partial charge in [0, 0.05) is 11.4 Å². The van der Waals surface area contributed by atoms with Crippen LogP contribution in [0.5, 0.6) is 0 Å². The SMILES string of the molecule is CCN(CC)C(CNC(=O)c1cc(SC)ccc1Cl)c1ccccc1. The molecule has 1 unspecified atom stereocenters. The summed E-state index contributed by atoms with van der Waals surface area (Å²) in [5, 5.41) is 3.55. The number of hydrogen-bond donors (Lipinski definition) is 1. The van der Waals surface area contributed by atoms with Gasteiger partial charge in [0.25, 0.3) is 5.91 Å². The lowest BCUT2D eigenvalue weighted by Crippen LogP contribution is -2.38. The summed E-state index contributed by atoms with van der Waals surface area (Å²) < 4.78 is 0. The lowest BCUT2D eigenvalue weighted by molar-refractivity contribution is 0.0935. The third-order valence-corrected chi connectivity index (χ3v) is 5.37. The van der Waals surface area contributed by atoms with Gasteiger partial charge in [-0.2, -0.15) is 0 Å². The van der Waals surface area contributed by atoms with Crippen molar-refractivity contribution >= 4 is 29.3 Å². The van der Waals surface area contributed by atoms with Crippen molar-refractivity contribution in [3.8, 4) is 0 Å². The summed E-state index contributed by atoms with van der Waals surface area (Å²) in [6.45, 7) is 6.67. The topological polar surface area (TPSA) is 32.3 Å². The van der Waals surface area contributed by atoms with Crippen molar-refractivity contribution in [2.75, 3.05) is 25.9 Å². The van der Waals surface area contributed by atoms with Crippen LogP contribution >= 0.6 is 23.4 Å². The number of halogens is 1. The summed E-state index contributed by atoms with van der Waals surface area (Å²) in [6, 6.07) is 16.0. The normalized spacial score (nSPS) is 12.2. The maximum Gasteiger partial charge on any atom is 0.252 e. The number of thioether (sulfide) groups is 1. The Bertz CT molecular complexity index is 689. The molecular weight excluding hydrogens is 352 g/mol. The average Bonchev–Trinajstić information content (AvgIpc) is 2.66. The van der Waals surface area contributed by atoms with Crippen LogP contribution in [0.15, 0.2) is 53.4 Å². The molecule has 0 saturated carbocycles. The number of carbonyl (C=O) groups is 1. The van der Waals surface area contributed by atoms with E-state index in [1.807, 2.05) is 36.6 Å². The van der Waals surface area contributed by atoms with Crippen LogP contribution in [0.3, 0.4) is 0 Å². The first kappa shape index (κ1) is 19.8. The fourth-order valence-corrected chi connectivity index (χ4v) is 3.53. The number of likely N-dealkylation sites (N-methyl/N-ethyl adjacent to an activating group) is 1. The van der Waals surface area contributed by atoms with Crippen molar-refractivity contribution in [2.24, 2.45) is 0 Å². The fraction of sp³-hybridized carbons (Fsp3) is 0.350. The van der Waals surface area contributed by atoms with E-state index in [1.165, 1.54) is 5.56 Å². The Morgan fingerprint density at radius 1 is 1.16 bits per heavy atom. The number of nitrogens with zero attached hydrogens (tertiary/aromatic N) is 1. The Kier molecular flexibility index (Phi) is 7.82. The second kappa shape index (κ2) is 9.85. The maximum absolute atomic E-state index is 12.6. The molecule has 0 aliphatic carbocycles. The molecule has 1 N–H and O–H groups in total. The summed E-state index contributed by atoms with van der Waals surface area (Å²) in [4.78, 5) is 16.0. The Morgan fingerprint density at radius 2 is 1.84 bits per heavy atom. The molecule has 0 spiro atoms. The highest BCUT2D eigenvalue weighted by molar-refractivity contribution is 7.98. The standard InChI is InChI=1S/C20H25ClN2OS/c1-4-23(5-2)19(15-9-7-6-8-10-15)14-22-20(24)17-13-16(25-3)11-12-18(17)21/h6-13,19H,4-5,14H2,1-3H3,(H,22,24). The molecular formula is C20H25ClN2OS. The monoisotopic (exact) mass is 376 g/mol. The van der Waals surface area contributed by atoms with Crippen LogP contribution in [0.25, 0.3) is 0 Å². The van der Waals surface area contributed by atoms with Crippen molar-refractivity contribution in [2.45, 2.75) is 24.8 Å². The van der Waals surface area contributed by atoms with Gasteiger partial charge in [-0.1, -0.05) is 55.8 Å². The molecule has 0 bridgehead atoms. The minimum atomic E-state index is -0.131. The fourth-order valence-electron chi connectivity index (χ4n) is 2.89. The van der Waals surface area contributed by atoms with Crippen LogP contribution in [-0.4, -0.2) is 36.7 Å². The van der Waals surface area contributed by atoms with E-state index >= 15 is 0 Å².